The average Bonchev–Trinajstić information content (AvgIpc) is 2.99. The molecule has 0 radical (unpaired) electrons. The van der Waals surface area contributed by atoms with Crippen LogP contribution in [0.1, 0.15) is 42.5 Å². The van der Waals surface area contributed by atoms with Crippen LogP contribution in [0.25, 0.3) is 0 Å². The summed E-state index contributed by atoms with van der Waals surface area (Å²) < 4.78 is 5.50. The largest absolute Gasteiger partial charge is 0.425 e. The van der Waals surface area contributed by atoms with Crippen LogP contribution in [0.4, 0.5) is 0 Å². The number of rotatable bonds is 4. The maximum Gasteiger partial charge on any atom is 0.222 e. The van der Waals surface area contributed by atoms with Crippen molar-refractivity contribution >= 4 is 17.5 Å². The van der Waals surface area contributed by atoms with Crippen molar-refractivity contribution in [1.82, 2.24) is 15.1 Å². The van der Waals surface area contributed by atoms with E-state index in [2.05, 4.69) is 10.2 Å². The first-order chi connectivity index (χ1) is 11.1. The normalized spacial score (nSPS) is 15.8. The van der Waals surface area contributed by atoms with E-state index in [0.29, 0.717) is 23.2 Å². The van der Waals surface area contributed by atoms with Crippen molar-refractivity contribution in [2.75, 3.05) is 13.1 Å². The Balaban J connectivity index is 1.48. The second-order valence-corrected chi connectivity index (χ2v) is 6.38. The van der Waals surface area contributed by atoms with Gasteiger partial charge in [0.25, 0.3) is 0 Å². The van der Waals surface area contributed by atoms with E-state index in [9.17, 15) is 4.79 Å². The van der Waals surface area contributed by atoms with E-state index in [1.807, 2.05) is 29.2 Å². The fourth-order valence-electron chi connectivity index (χ4n) is 2.95. The molecule has 1 amide bonds. The van der Waals surface area contributed by atoms with Gasteiger partial charge in [-0.15, -0.1) is 10.2 Å². The van der Waals surface area contributed by atoms with Crippen molar-refractivity contribution in [2.45, 2.75) is 38.5 Å². The van der Waals surface area contributed by atoms with Crippen LogP contribution < -0.4 is 0 Å². The van der Waals surface area contributed by atoms with Crippen LogP contribution in [-0.2, 0) is 11.2 Å². The summed E-state index contributed by atoms with van der Waals surface area (Å²) in [4.78, 5) is 14.3. The lowest BCUT2D eigenvalue weighted by Crippen LogP contribution is -2.38. The fourth-order valence-corrected chi connectivity index (χ4v) is 3.17. The fraction of sp³-hybridized carbons (Fsp3) is 0.471. The Morgan fingerprint density at radius 1 is 1.35 bits per heavy atom. The van der Waals surface area contributed by atoms with Crippen LogP contribution in [0.15, 0.2) is 28.7 Å². The summed E-state index contributed by atoms with van der Waals surface area (Å²) in [5, 5.41) is 8.68. The highest BCUT2D eigenvalue weighted by Crippen LogP contribution is 2.27. The van der Waals surface area contributed by atoms with Crippen LogP contribution in [0.3, 0.4) is 0 Å². The second-order valence-electron chi connectivity index (χ2n) is 5.94. The second kappa shape index (κ2) is 7.13. The molecule has 0 aliphatic carbocycles. The number of aryl methyl sites for hydroxylation is 2. The number of carbonyl (C=O) groups is 1. The highest BCUT2D eigenvalue weighted by atomic mass is 35.5. The minimum atomic E-state index is 0.199. The molecule has 1 aromatic heterocycles. The van der Waals surface area contributed by atoms with Gasteiger partial charge in [0.1, 0.15) is 0 Å². The Kier molecular flexibility index (Phi) is 4.96. The Bertz CT molecular complexity index is 678. The molecule has 0 unspecified atom stereocenters. The number of amides is 1. The lowest BCUT2D eigenvalue weighted by molar-refractivity contribution is -0.132. The van der Waals surface area contributed by atoms with Gasteiger partial charge in [0.15, 0.2) is 0 Å². The molecular formula is C17H20ClN3O2. The Hall–Kier alpha value is -1.88. The number of hydrogen-bond donors (Lipinski definition) is 0. The third-order valence-electron chi connectivity index (χ3n) is 4.26. The van der Waals surface area contributed by atoms with Gasteiger partial charge >= 0.3 is 0 Å². The van der Waals surface area contributed by atoms with E-state index in [-0.39, 0.29) is 11.8 Å². The predicted molar refractivity (Wildman–Crippen MR) is 87.4 cm³/mol. The molecule has 1 aliphatic rings. The van der Waals surface area contributed by atoms with E-state index < -0.39 is 0 Å². The molecule has 2 heterocycles. The monoisotopic (exact) mass is 333 g/mol. The molecular weight excluding hydrogens is 314 g/mol. The Morgan fingerprint density at radius 3 is 2.78 bits per heavy atom. The minimum Gasteiger partial charge on any atom is -0.425 e. The van der Waals surface area contributed by atoms with Crippen LogP contribution in [0.2, 0.25) is 5.02 Å². The SMILES string of the molecule is Cc1nnc(C2CCN(C(=O)CCc3cccc(Cl)c3)CC2)o1. The molecule has 0 spiro atoms. The molecule has 1 fully saturated rings. The van der Waals surface area contributed by atoms with E-state index in [1.165, 1.54) is 0 Å². The van der Waals surface area contributed by atoms with Crippen molar-refractivity contribution in [3.63, 3.8) is 0 Å². The summed E-state index contributed by atoms with van der Waals surface area (Å²) in [6, 6.07) is 7.68. The molecule has 6 heteroatoms. The lowest BCUT2D eigenvalue weighted by Gasteiger charge is -2.30. The molecule has 0 saturated carbocycles. The Labute approximate surface area is 140 Å². The summed E-state index contributed by atoms with van der Waals surface area (Å²) in [5.74, 6) is 1.77. The Morgan fingerprint density at radius 2 is 2.13 bits per heavy atom. The maximum atomic E-state index is 12.3. The molecule has 0 bridgehead atoms. The lowest BCUT2D eigenvalue weighted by atomic mass is 9.96. The van der Waals surface area contributed by atoms with Gasteiger partial charge in [-0.05, 0) is 37.0 Å². The van der Waals surface area contributed by atoms with Gasteiger partial charge < -0.3 is 9.32 Å². The maximum absolute atomic E-state index is 12.3. The molecule has 5 nitrogen and oxygen atoms in total. The average molecular weight is 334 g/mol. The van der Waals surface area contributed by atoms with Gasteiger partial charge in [0, 0.05) is 37.4 Å². The first-order valence-corrected chi connectivity index (χ1v) is 8.32. The van der Waals surface area contributed by atoms with E-state index in [1.54, 1.807) is 6.92 Å². The number of likely N-dealkylation sites (tertiary alicyclic amines) is 1. The molecule has 3 rings (SSSR count). The van der Waals surface area contributed by atoms with Crippen molar-refractivity contribution < 1.29 is 9.21 Å². The number of nitrogens with zero attached hydrogens (tertiary/aromatic N) is 3. The molecule has 122 valence electrons. The molecule has 23 heavy (non-hydrogen) atoms. The van der Waals surface area contributed by atoms with Crippen molar-refractivity contribution in [1.29, 1.82) is 0 Å². The number of piperidine rings is 1. The standard InChI is InChI=1S/C17H20ClN3O2/c1-12-19-20-17(23-12)14-7-9-21(10-8-14)16(22)6-5-13-3-2-4-15(18)11-13/h2-4,11,14H,5-10H2,1H3. The smallest absolute Gasteiger partial charge is 0.222 e. The zero-order chi connectivity index (χ0) is 16.2. The number of aromatic nitrogens is 2. The number of benzene rings is 1. The highest BCUT2D eigenvalue weighted by Gasteiger charge is 2.26. The van der Waals surface area contributed by atoms with Crippen LogP contribution in [0, 0.1) is 6.92 Å². The van der Waals surface area contributed by atoms with Gasteiger partial charge in [-0.2, -0.15) is 0 Å². The van der Waals surface area contributed by atoms with Gasteiger partial charge in [-0.3, -0.25) is 4.79 Å². The molecule has 1 aromatic carbocycles. The first-order valence-electron chi connectivity index (χ1n) is 7.94. The van der Waals surface area contributed by atoms with E-state index in [0.717, 1.165) is 37.9 Å². The quantitative estimate of drug-likeness (QED) is 0.860. The predicted octanol–water partition coefficient (Wildman–Crippen LogP) is 3.37. The number of carbonyl (C=O) groups excluding carboxylic acids is 1. The van der Waals surface area contributed by atoms with E-state index in [4.69, 9.17) is 16.0 Å². The third kappa shape index (κ3) is 4.10. The van der Waals surface area contributed by atoms with Crippen molar-refractivity contribution in [2.24, 2.45) is 0 Å². The summed E-state index contributed by atoms with van der Waals surface area (Å²) in [6.07, 6.45) is 3.00. The number of hydrogen-bond acceptors (Lipinski definition) is 4. The molecule has 0 atom stereocenters. The van der Waals surface area contributed by atoms with Gasteiger partial charge in [0.05, 0.1) is 0 Å². The van der Waals surface area contributed by atoms with Crippen LogP contribution >= 0.6 is 11.6 Å². The summed E-state index contributed by atoms with van der Waals surface area (Å²) in [5.41, 5.74) is 1.10. The summed E-state index contributed by atoms with van der Waals surface area (Å²) >= 11 is 5.97. The van der Waals surface area contributed by atoms with Crippen molar-refractivity contribution in [3.8, 4) is 0 Å². The summed E-state index contributed by atoms with van der Waals surface area (Å²) in [7, 11) is 0. The van der Waals surface area contributed by atoms with Gasteiger partial charge in [-0.25, -0.2) is 0 Å². The number of halogens is 1. The molecule has 0 N–H and O–H groups in total. The third-order valence-corrected chi connectivity index (χ3v) is 4.49. The highest BCUT2D eigenvalue weighted by molar-refractivity contribution is 6.30. The topological polar surface area (TPSA) is 59.2 Å². The summed E-state index contributed by atoms with van der Waals surface area (Å²) in [6.45, 7) is 3.30. The zero-order valence-corrected chi connectivity index (χ0v) is 13.9. The first kappa shape index (κ1) is 16.0. The van der Waals surface area contributed by atoms with Gasteiger partial charge in [0.2, 0.25) is 17.7 Å². The molecule has 2 aromatic rings. The van der Waals surface area contributed by atoms with Crippen LogP contribution in [0.5, 0.6) is 0 Å². The molecule has 1 saturated heterocycles. The zero-order valence-electron chi connectivity index (χ0n) is 13.2. The minimum absolute atomic E-state index is 0.199. The van der Waals surface area contributed by atoms with Crippen molar-refractivity contribution in [3.05, 3.63) is 46.6 Å². The molecule has 1 aliphatic heterocycles. The van der Waals surface area contributed by atoms with Crippen LogP contribution in [-0.4, -0.2) is 34.1 Å². The van der Waals surface area contributed by atoms with E-state index >= 15 is 0 Å². The van der Waals surface area contributed by atoms with Gasteiger partial charge in [-0.1, -0.05) is 23.7 Å².